The van der Waals surface area contributed by atoms with Gasteiger partial charge in [0.25, 0.3) is 5.91 Å². The van der Waals surface area contributed by atoms with Crippen LogP contribution in [0.15, 0.2) is 42.6 Å². The van der Waals surface area contributed by atoms with Crippen LogP contribution in [-0.4, -0.2) is 37.6 Å². The fourth-order valence-electron chi connectivity index (χ4n) is 3.77. The molecule has 160 valence electrons. The zero-order chi connectivity index (χ0) is 21.3. The number of carbonyl (C=O) groups is 2. The number of pyridine rings is 1. The molecule has 0 spiro atoms. The van der Waals surface area contributed by atoms with Crippen molar-refractivity contribution < 1.29 is 19.1 Å². The maximum atomic E-state index is 12.6. The molecule has 1 heterocycles. The second-order valence-corrected chi connectivity index (χ2v) is 7.53. The van der Waals surface area contributed by atoms with Crippen molar-refractivity contribution in [2.75, 3.05) is 20.8 Å². The largest absolute Gasteiger partial charge is 0.497 e. The van der Waals surface area contributed by atoms with Gasteiger partial charge < -0.3 is 20.1 Å². The molecule has 7 nitrogen and oxygen atoms in total. The van der Waals surface area contributed by atoms with E-state index in [4.69, 9.17) is 9.47 Å². The molecule has 2 aromatic rings. The molecule has 0 saturated heterocycles. The van der Waals surface area contributed by atoms with Gasteiger partial charge in [-0.25, -0.2) is 0 Å². The van der Waals surface area contributed by atoms with E-state index in [1.165, 1.54) is 7.11 Å². The van der Waals surface area contributed by atoms with E-state index in [0.717, 1.165) is 31.4 Å². The molecule has 1 aromatic heterocycles. The molecule has 0 bridgehead atoms. The van der Waals surface area contributed by atoms with Crippen LogP contribution in [0.2, 0.25) is 0 Å². The van der Waals surface area contributed by atoms with Gasteiger partial charge in [-0.05, 0) is 55.9 Å². The SMILES string of the molecule is COc1ccc(C(=O)NCC2CCC(C(=O)NCc3ccccn3)CC2)c(OC)c1. The predicted octanol–water partition coefficient (Wildman–Crippen LogP) is 2.95. The highest BCUT2D eigenvalue weighted by molar-refractivity contribution is 5.97. The van der Waals surface area contributed by atoms with Crippen LogP contribution in [0.5, 0.6) is 11.5 Å². The Labute approximate surface area is 177 Å². The van der Waals surface area contributed by atoms with Gasteiger partial charge >= 0.3 is 0 Å². The standard InChI is InChI=1S/C23H29N3O4/c1-29-19-10-11-20(21(13-19)30-2)23(28)25-14-16-6-8-17(9-7-16)22(27)26-15-18-5-3-4-12-24-18/h3-5,10-13,16-17H,6-9,14-15H2,1-2H3,(H,25,28)(H,26,27). The molecule has 1 aromatic carbocycles. The van der Waals surface area contributed by atoms with Crippen LogP contribution in [0.25, 0.3) is 0 Å². The number of ether oxygens (including phenoxy) is 2. The van der Waals surface area contributed by atoms with Crippen LogP contribution >= 0.6 is 0 Å². The van der Waals surface area contributed by atoms with Crippen molar-refractivity contribution in [2.45, 2.75) is 32.2 Å². The first-order valence-electron chi connectivity index (χ1n) is 10.3. The van der Waals surface area contributed by atoms with Crippen molar-refractivity contribution in [1.29, 1.82) is 0 Å². The van der Waals surface area contributed by atoms with Crippen molar-refractivity contribution in [3.8, 4) is 11.5 Å². The van der Waals surface area contributed by atoms with E-state index in [0.29, 0.717) is 36.1 Å². The van der Waals surface area contributed by atoms with E-state index in [2.05, 4.69) is 15.6 Å². The summed E-state index contributed by atoms with van der Waals surface area (Å²) in [5.41, 5.74) is 1.34. The van der Waals surface area contributed by atoms with Gasteiger partial charge in [-0.15, -0.1) is 0 Å². The smallest absolute Gasteiger partial charge is 0.255 e. The highest BCUT2D eigenvalue weighted by Gasteiger charge is 2.26. The summed E-state index contributed by atoms with van der Waals surface area (Å²) in [5.74, 6) is 1.46. The summed E-state index contributed by atoms with van der Waals surface area (Å²) in [5, 5.41) is 5.98. The summed E-state index contributed by atoms with van der Waals surface area (Å²) in [7, 11) is 3.11. The van der Waals surface area contributed by atoms with Gasteiger partial charge in [0.05, 0.1) is 32.0 Å². The van der Waals surface area contributed by atoms with Gasteiger partial charge in [-0.2, -0.15) is 0 Å². The van der Waals surface area contributed by atoms with Gasteiger partial charge in [-0.1, -0.05) is 6.07 Å². The highest BCUT2D eigenvalue weighted by atomic mass is 16.5. The summed E-state index contributed by atoms with van der Waals surface area (Å²) in [6, 6.07) is 10.8. The van der Waals surface area contributed by atoms with Crippen LogP contribution in [0.4, 0.5) is 0 Å². The quantitative estimate of drug-likeness (QED) is 0.697. The summed E-state index contributed by atoms with van der Waals surface area (Å²) in [4.78, 5) is 29.2. The molecule has 1 aliphatic rings. The van der Waals surface area contributed by atoms with Crippen LogP contribution in [0, 0.1) is 11.8 Å². The van der Waals surface area contributed by atoms with E-state index in [1.54, 1.807) is 31.5 Å². The number of amides is 2. The van der Waals surface area contributed by atoms with Crippen molar-refractivity contribution in [3.63, 3.8) is 0 Å². The van der Waals surface area contributed by atoms with Crippen molar-refractivity contribution in [2.24, 2.45) is 11.8 Å². The first-order chi connectivity index (χ1) is 14.6. The Bertz CT molecular complexity index is 849. The molecule has 2 N–H and O–H groups in total. The molecule has 1 aliphatic carbocycles. The maximum absolute atomic E-state index is 12.6. The Balaban J connectivity index is 1.42. The molecule has 1 saturated carbocycles. The zero-order valence-electron chi connectivity index (χ0n) is 17.5. The lowest BCUT2D eigenvalue weighted by Crippen LogP contribution is -2.36. The van der Waals surface area contributed by atoms with Crippen LogP contribution in [0.1, 0.15) is 41.7 Å². The van der Waals surface area contributed by atoms with Crippen LogP contribution in [-0.2, 0) is 11.3 Å². The number of rotatable bonds is 8. The molecule has 0 radical (unpaired) electrons. The number of methoxy groups -OCH3 is 2. The van der Waals surface area contributed by atoms with Crippen molar-refractivity contribution >= 4 is 11.8 Å². The molecule has 0 aliphatic heterocycles. The molecule has 7 heteroatoms. The fourth-order valence-corrected chi connectivity index (χ4v) is 3.77. The molecule has 3 rings (SSSR count). The van der Waals surface area contributed by atoms with Gasteiger partial charge in [0.1, 0.15) is 11.5 Å². The summed E-state index contributed by atoms with van der Waals surface area (Å²) in [6.07, 6.45) is 5.23. The summed E-state index contributed by atoms with van der Waals surface area (Å²) >= 11 is 0. The Hall–Kier alpha value is -3.09. The number of hydrogen-bond acceptors (Lipinski definition) is 5. The minimum Gasteiger partial charge on any atom is -0.497 e. The summed E-state index contributed by atoms with van der Waals surface area (Å²) < 4.78 is 10.5. The maximum Gasteiger partial charge on any atom is 0.255 e. The lowest BCUT2D eigenvalue weighted by atomic mass is 9.81. The lowest BCUT2D eigenvalue weighted by molar-refractivity contribution is -0.126. The Morgan fingerprint density at radius 3 is 2.50 bits per heavy atom. The number of carbonyl (C=O) groups excluding carboxylic acids is 2. The van der Waals surface area contributed by atoms with Crippen LogP contribution < -0.4 is 20.1 Å². The van der Waals surface area contributed by atoms with E-state index >= 15 is 0 Å². The third-order valence-corrected chi connectivity index (χ3v) is 5.59. The Kier molecular flexibility index (Phi) is 7.65. The third kappa shape index (κ3) is 5.72. The molecule has 2 amide bonds. The van der Waals surface area contributed by atoms with Crippen molar-refractivity contribution in [3.05, 3.63) is 53.9 Å². The number of nitrogens with zero attached hydrogens (tertiary/aromatic N) is 1. The van der Waals surface area contributed by atoms with Gasteiger partial charge in [0.2, 0.25) is 5.91 Å². The number of nitrogens with one attached hydrogen (secondary N) is 2. The topological polar surface area (TPSA) is 89.5 Å². The summed E-state index contributed by atoms with van der Waals surface area (Å²) in [6.45, 7) is 1.05. The second kappa shape index (κ2) is 10.6. The van der Waals surface area contributed by atoms with E-state index in [9.17, 15) is 9.59 Å². The average molecular weight is 412 g/mol. The van der Waals surface area contributed by atoms with Crippen LogP contribution in [0.3, 0.4) is 0 Å². The molecule has 0 unspecified atom stereocenters. The zero-order valence-corrected chi connectivity index (χ0v) is 17.5. The molecular weight excluding hydrogens is 382 g/mol. The predicted molar refractivity (Wildman–Crippen MR) is 113 cm³/mol. The lowest BCUT2D eigenvalue weighted by Gasteiger charge is -2.28. The monoisotopic (exact) mass is 411 g/mol. The van der Waals surface area contributed by atoms with E-state index in [-0.39, 0.29) is 17.7 Å². The minimum atomic E-state index is -0.162. The van der Waals surface area contributed by atoms with Gasteiger partial charge in [-0.3, -0.25) is 14.6 Å². The van der Waals surface area contributed by atoms with Gasteiger partial charge in [0, 0.05) is 24.7 Å². The molecule has 0 atom stereocenters. The second-order valence-electron chi connectivity index (χ2n) is 7.53. The number of aromatic nitrogens is 1. The Morgan fingerprint density at radius 1 is 1.03 bits per heavy atom. The normalized spacial score (nSPS) is 18.3. The minimum absolute atomic E-state index is 0.0299. The average Bonchev–Trinajstić information content (AvgIpc) is 2.81. The number of hydrogen-bond donors (Lipinski definition) is 2. The van der Waals surface area contributed by atoms with Gasteiger partial charge in [0.15, 0.2) is 0 Å². The molecule has 1 fully saturated rings. The molecular formula is C23H29N3O4. The highest BCUT2D eigenvalue weighted by Crippen LogP contribution is 2.29. The first kappa shape index (κ1) is 21.6. The number of benzene rings is 1. The van der Waals surface area contributed by atoms with E-state index in [1.807, 2.05) is 18.2 Å². The Morgan fingerprint density at radius 2 is 1.83 bits per heavy atom. The first-order valence-corrected chi connectivity index (χ1v) is 10.3. The third-order valence-electron chi connectivity index (χ3n) is 5.59. The van der Waals surface area contributed by atoms with E-state index < -0.39 is 0 Å². The fraction of sp³-hybridized carbons (Fsp3) is 0.435. The van der Waals surface area contributed by atoms with Crippen molar-refractivity contribution in [1.82, 2.24) is 15.6 Å². The molecule has 30 heavy (non-hydrogen) atoms.